The van der Waals surface area contributed by atoms with E-state index in [1.165, 1.54) is 18.6 Å². The third-order valence-electron chi connectivity index (χ3n) is 4.28. The van der Waals surface area contributed by atoms with Crippen LogP contribution in [0.5, 0.6) is 0 Å². The van der Waals surface area contributed by atoms with E-state index >= 15 is 0 Å². The molecule has 118 valence electrons. The molecule has 0 radical (unpaired) electrons. The molecule has 1 saturated carbocycles. The topological polar surface area (TPSA) is 24.4 Å². The lowest BCUT2D eigenvalue weighted by atomic mass is 9.82. The van der Waals surface area contributed by atoms with Gasteiger partial charge in [-0.1, -0.05) is 31.5 Å². The van der Waals surface area contributed by atoms with Crippen molar-refractivity contribution >= 4 is 28.6 Å². The average Bonchev–Trinajstić information content (AvgIpc) is 2.65. The highest BCUT2D eigenvalue weighted by molar-refractivity contribution is 7.80. The Balaban J connectivity index is 2.06. The molecule has 0 atom stereocenters. The molecule has 2 aliphatic rings. The van der Waals surface area contributed by atoms with Crippen molar-refractivity contribution < 1.29 is 13.2 Å². The molecule has 1 aromatic carbocycles. The number of aliphatic imine (C=N–C) groups is 1. The maximum atomic E-state index is 13.0. The molecular formula is C16H17F3N2S. The fourth-order valence-corrected chi connectivity index (χ4v) is 3.37. The van der Waals surface area contributed by atoms with E-state index < -0.39 is 11.7 Å². The van der Waals surface area contributed by atoms with Crippen LogP contribution >= 0.6 is 12.2 Å². The second-order valence-electron chi connectivity index (χ2n) is 5.84. The van der Waals surface area contributed by atoms with Crippen LogP contribution in [0.25, 0.3) is 0 Å². The molecule has 1 aliphatic carbocycles. The average molecular weight is 326 g/mol. The van der Waals surface area contributed by atoms with Crippen molar-refractivity contribution in [1.82, 2.24) is 0 Å². The van der Waals surface area contributed by atoms with Gasteiger partial charge in [-0.05, 0) is 31.0 Å². The highest BCUT2D eigenvalue weighted by Gasteiger charge is 2.33. The summed E-state index contributed by atoms with van der Waals surface area (Å²) in [5, 5.41) is 3.02. The molecule has 0 bridgehead atoms. The largest absolute Gasteiger partial charge is 0.416 e. The van der Waals surface area contributed by atoms with Gasteiger partial charge in [0.05, 0.1) is 12.1 Å². The van der Waals surface area contributed by atoms with Gasteiger partial charge in [0.25, 0.3) is 0 Å². The van der Waals surface area contributed by atoms with Crippen LogP contribution in [0.15, 0.2) is 23.2 Å². The number of hydrogen-bond donors (Lipinski definition) is 1. The van der Waals surface area contributed by atoms with Gasteiger partial charge in [-0.15, -0.1) is 0 Å². The number of fused-ring (bicyclic) bond motifs is 1. The molecule has 1 N–H and O–H groups in total. The highest BCUT2D eigenvalue weighted by atomic mass is 32.1. The lowest BCUT2D eigenvalue weighted by molar-refractivity contribution is -0.137. The van der Waals surface area contributed by atoms with E-state index in [1.807, 2.05) is 0 Å². The van der Waals surface area contributed by atoms with Crippen LogP contribution in [-0.4, -0.2) is 17.2 Å². The van der Waals surface area contributed by atoms with Crippen molar-refractivity contribution in [3.05, 3.63) is 29.3 Å². The van der Waals surface area contributed by atoms with Crippen molar-refractivity contribution in [2.24, 2.45) is 10.9 Å². The smallest absolute Gasteiger partial charge is 0.348 e. The number of benzene rings is 1. The number of benzodiazepines with no additional fused rings is 1. The van der Waals surface area contributed by atoms with Gasteiger partial charge in [0.1, 0.15) is 4.99 Å². The van der Waals surface area contributed by atoms with E-state index in [-0.39, 0.29) is 5.92 Å². The Morgan fingerprint density at radius 2 is 1.86 bits per heavy atom. The standard InChI is InChI=1S/C16H17F3N2S/c17-16(18,19)11-6-7-13-12(8-11)15(20-9-14(22)21-13)10-4-2-1-3-5-10/h6-8,10H,1-5,9H2,(H,21,22). The Morgan fingerprint density at radius 1 is 1.14 bits per heavy atom. The molecule has 6 heteroatoms. The fourth-order valence-electron chi connectivity index (χ4n) is 3.20. The van der Waals surface area contributed by atoms with Crippen molar-refractivity contribution in [3.63, 3.8) is 0 Å². The van der Waals surface area contributed by atoms with Gasteiger partial charge in [0, 0.05) is 22.9 Å². The number of halogens is 3. The van der Waals surface area contributed by atoms with Crippen LogP contribution in [0.2, 0.25) is 0 Å². The zero-order chi connectivity index (χ0) is 15.7. The van der Waals surface area contributed by atoms with E-state index in [0.29, 0.717) is 22.8 Å². The van der Waals surface area contributed by atoms with Crippen molar-refractivity contribution in [2.75, 3.05) is 11.9 Å². The molecule has 1 fully saturated rings. The molecule has 22 heavy (non-hydrogen) atoms. The minimum Gasteiger partial charge on any atom is -0.348 e. The van der Waals surface area contributed by atoms with Crippen LogP contribution in [0.1, 0.15) is 43.2 Å². The Labute approximate surface area is 132 Å². The molecule has 0 saturated heterocycles. The Hall–Kier alpha value is -1.43. The predicted octanol–water partition coefficient (Wildman–Crippen LogP) is 4.83. The molecule has 3 rings (SSSR count). The Kier molecular flexibility index (Phi) is 4.21. The molecule has 2 nitrogen and oxygen atoms in total. The monoisotopic (exact) mass is 326 g/mol. The van der Waals surface area contributed by atoms with Gasteiger partial charge < -0.3 is 5.32 Å². The van der Waals surface area contributed by atoms with Gasteiger partial charge >= 0.3 is 6.18 Å². The summed E-state index contributed by atoms with van der Waals surface area (Å²) in [5.41, 5.74) is 1.35. The second kappa shape index (κ2) is 5.99. The number of hydrogen-bond acceptors (Lipinski definition) is 2. The number of alkyl halides is 3. The maximum absolute atomic E-state index is 13.0. The highest BCUT2D eigenvalue weighted by Crippen LogP contribution is 2.36. The lowest BCUT2D eigenvalue weighted by Gasteiger charge is -2.24. The fraction of sp³-hybridized carbons (Fsp3) is 0.500. The minimum absolute atomic E-state index is 0.235. The summed E-state index contributed by atoms with van der Waals surface area (Å²) in [4.78, 5) is 5.09. The van der Waals surface area contributed by atoms with Crippen LogP contribution < -0.4 is 5.32 Å². The lowest BCUT2D eigenvalue weighted by Crippen LogP contribution is -2.20. The molecule has 1 heterocycles. The predicted molar refractivity (Wildman–Crippen MR) is 85.6 cm³/mol. The maximum Gasteiger partial charge on any atom is 0.416 e. The van der Waals surface area contributed by atoms with Crippen LogP contribution in [0.4, 0.5) is 18.9 Å². The summed E-state index contributed by atoms with van der Waals surface area (Å²) in [6, 6.07) is 3.77. The Bertz CT molecular complexity index is 616. The summed E-state index contributed by atoms with van der Waals surface area (Å²) in [5.74, 6) is 0.235. The first kappa shape index (κ1) is 15.5. The summed E-state index contributed by atoms with van der Waals surface area (Å²) < 4.78 is 39.1. The zero-order valence-electron chi connectivity index (χ0n) is 12.0. The van der Waals surface area contributed by atoms with Crippen molar-refractivity contribution in [3.8, 4) is 0 Å². The Morgan fingerprint density at radius 3 is 2.55 bits per heavy atom. The van der Waals surface area contributed by atoms with E-state index in [1.54, 1.807) is 0 Å². The molecule has 0 spiro atoms. The first-order chi connectivity index (χ1) is 10.4. The van der Waals surface area contributed by atoms with Crippen molar-refractivity contribution in [2.45, 2.75) is 38.3 Å². The molecule has 0 amide bonds. The minimum atomic E-state index is -4.35. The van der Waals surface area contributed by atoms with Crippen LogP contribution in [0, 0.1) is 5.92 Å². The van der Waals surface area contributed by atoms with Gasteiger partial charge in [0.2, 0.25) is 0 Å². The molecule has 1 aromatic rings. The summed E-state index contributed by atoms with van der Waals surface area (Å²) in [6.45, 7) is 0.344. The van der Waals surface area contributed by atoms with Gasteiger partial charge in [-0.25, -0.2) is 0 Å². The van der Waals surface area contributed by atoms with Crippen molar-refractivity contribution in [1.29, 1.82) is 0 Å². The van der Waals surface area contributed by atoms with E-state index in [0.717, 1.165) is 37.5 Å². The summed E-state index contributed by atoms with van der Waals surface area (Å²) >= 11 is 5.19. The number of nitrogens with one attached hydrogen (secondary N) is 1. The van der Waals surface area contributed by atoms with Gasteiger partial charge in [0.15, 0.2) is 0 Å². The summed E-state index contributed by atoms with van der Waals surface area (Å²) in [7, 11) is 0. The second-order valence-corrected chi connectivity index (χ2v) is 6.34. The van der Waals surface area contributed by atoms with Crippen LogP contribution in [0.3, 0.4) is 0 Å². The molecule has 1 aliphatic heterocycles. The first-order valence-corrected chi connectivity index (χ1v) is 7.92. The third kappa shape index (κ3) is 3.16. The zero-order valence-corrected chi connectivity index (χ0v) is 12.9. The number of nitrogens with zero attached hydrogens (tertiary/aromatic N) is 1. The van der Waals surface area contributed by atoms with E-state index in [9.17, 15) is 13.2 Å². The molecular weight excluding hydrogens is 309 g/mol. The molecule has 0 unspecified atom stereocenters. The van der Waals surface area contributed by atoms with Gasteiger partial charge in [-0.3, -0.25) is 4.99 Å². The summed E-state index contributed by atoms with van der Waals surface area (Å²) in [6.07, 6.45) is 1.03. The van der Waals surface area contributed by atoms with E-state index in [4.69, 9.17) is 12.2 Å². The molecule has 0 aromatic heterocycles. The number of thiocarbonyl (C=S) groups is 1. The SMILES string of the molecule is FC(F)(F)c1ccc2c(c1)C(C1CCCCC1)=NCC(=S)N2. The normalized spacial score (nSPS) is 20.0. The quantitative estimate of drug-likeness (QED) is 0.748. The van der Waals surface area contributed by atoms with E-state index in [2.05, 4.69) is 10.3 Å². The van der Waals surface area contributed by atoms with Gasteiger partial charge in [-0.2, -0.15) is 13.2 Å². The number of rotatable bonds is 1. The third-order valence-corrected chi connectivity index (χ3v) is 4.51. The number of anilines is 1. The van der Waals surface area contributed by atoms with Crippen LogP contribution in [-0.2, 0) is 6.18 Å². The first-order valence-electron chi connectivity index (χ1n) is 7.51.